The molecule has 2 aromatic rings. The zero-order valence-electron chi connectivity index (χ0n) is 14.7. The quantitative estimate of drug-likeness (QED) is 0.844. The Labute approximate surface area is 146 Å². The number of carbonyl (C=O) groups excluding carboxylic acids is 1. The first-order valence-electron chi connectivity index (χ1n) is 8.04. The lowest BCUT2D eigenvalue weighted by molar-refractivity contribution is 0.0991. The summed E-state index contributed by atoms with van der Waals surface area (Å²) in [6, 6.07) is 4.42. The number of nitrogens with one attached hydrogen (secondary N) is 2. The number of aryl methyl sites for hydroxylation is 1. The number of aromatic nitrogens is 2. The average molecular weight is 366 g/mol. The number of furan rings is 1. The molecule has 1 aliphatic carbocycles. The van der Waals surface area contributed by atoms with Gasteiger partial charge in [-0.2, -0.15) is 5.10 Å². The summed E-state index contributed by atoms with van der Waals surface area (Å²) < 4.78 is 33.9. The molecule has 0 spiro atoms. The topological polar surface area (TPSA) is 106 Å². The van der Waals surface area contributed by atoms with E-state index in [9.17, 15) is 13.2 Å². The Bertz CT molecular complexity index is 901. The lowest BCUT2D eigenvalue weighted by Gasteiger charge is -2.18. The van der Waals surface area contributed by atoms with Gasteiger partial charge in [-0.15, -0.1) is 0 Å². The first-order chi connectivity index (χ1) is 11.5. The first kappa shape index (κ1) is 17.7. The van der Waals surface area contributed by atoms with Crippen LogP contribution in [0, 0.1) is 0 Å². The molecule has 0 atom stereocenters. The number of anilines is 1. The number of nitrogens with zero attached hydrogens (tertiary/aromatic N) is 2. The van der Waals surface area contributed by atoms with Crippen LogP contribution in [0.5, 0.6) is 0 Å². The van der Waals surface area contributed by atoms with Crippen molar-refractivity contribution < 1.29 is 17.6 Å². The molecular formula is C16H22N4O4S. The van der Waals surface area contributed by atoms with E-state index in [0.29, 0.717) is 11.7 Å². The Kier molecular flexibility index (Phi) is 4.24. The molecule has 8 nitrogen and oxygen atoms in total. The summed E-state index contributed by atoms with van der Waals surface area (Å²) >= 11 is 0. The number of amides is 1. The van der Waals surface area contributed by atoms with E-state index in [1.165, 1.54) is 12.1 Å². The van der Waals surface area contributed by atoms with Crippen molar-refractivity contribution in [3.05, 3.63) is 29.7 Å². The largest absolute Gasteiger partial charge is 0.438 e. The highest BCUT2D eigenvalue weighted by Gasteiger charge is 2.28. The Morgan fingerprint density at radius 1 is 1.32 bits per heavy atom. The van der Waals surface area contributed by atoms with Crippen LogP contribution in [0.1, 0.15) is 55.8 Å². The van der Waals surface area contributed by atoms with Gasteiger partial charge in [0.25, 0.3) is 15.9 Å². The fourth-order valence-corrected chi connectivity index (χ4v) is 3.88. The highest BCUT2D eigenvalue weighted by Crippen LogP contribution is 2.40. The molecule has 25 heavy (non-hydrogen) atoms. The van der Waals surface area contributed by atoms with E-state index in [-0.39, 0.29) is 10.9 Å². The van der Waals surface area contributed by atoms with Gasteiger partial charge in [0, 0.05) is 30.3 Å². The smallest absolute Gasteiger partial charge is 0.292 e. The van der Waals surface area contributed by atoms with Gasteiger partial charge in [0.1, 0.15) is 0 Å². The number of hydrogen-bond donors (Lipinski definition) is 2. The molecule has 136 valence electrons. The van der Waals surface area contributed by atoms with Gasteiger partial charge in [0.15, 0.2) is 11.6 Å². The van der Waals surface area contributed by atoms with Crippen molar-refractivity contribution in [1.29, 1.82) is 0 Å². The maximum absolute atomic E-state index is 12.3. The van der Waals surface area contributed by atoms with Gasteiger partial charge in [0.05, 0.1) is 0 Å². The van der Waals surface area contributed by atoms with Gasteiger partial charge >= 0.3 is 0 Å². The highest BCUT2D eigenvalue weighted by molar-refractivity contribution is 7.89. The number of rotatable bonds is 5. The van der Waals surface area contributed by atoms with Crippen molar-refractivity contribution in [3.63, 3.8) is 0 Å². The van der Waals surface area contributed by atoms with Gasteiger partial charge in [0.2, 0.25) is 5.09 Å². The van der Waals surface area contributed by atoms with Crippen LogP contribution in [0.3, 0.4) is 0 Å². The van der Waals surface area contributed by atoms with E-state index in [4.69, 9.17) is 4.42 Å². The minimum absolute atomic E-state index is 0.0899. The Hall–Kier alpha value is -2.13. The molecule has 0 aliphatic heterocycles. The molecule has 2 aromatic heterocycles. The molecule has 1 saturated carbocycles. The Morgan fingerprint density at radius 3 is 2.60 bits per heavy atom. The highest BCUT2D eigenvalue weighted by atomic mass is 32.2. The molecule has 2 N–H and O–H groups in total. The second-order valence-electron chi connectivity index (χ2n) is 7.28. The van der Waals surface area contributed by atoms with E-state index in [2.05, 4.69) is 15.1 Å². The summed E-state index contributed by atoms with van der Waals surface area (Å²) in [5, 5.41) is 6.59. The van der Waals surface area contributed by atoms with Crippen LogP contribution in [0.25, 0.3) is 0 Å². The van der Waals surface area contributed by atoms with Gasteiger partial charge in [-0.3, -0.25) is 9.48 Å². The SMILES string of the molecule is Cn1nc(NC(=O)c2ccc(S(=O)(=O)NC(C)(C)C)o2)cc1C1CC1. The molecule has 0 aromatic carbocycles. The summed E-state index contributed by atoms with van der Waals surface area (Å²) in [6.07, 6.45) is 2.26. The van der Waals surface area contributed by atoms with E-state index in [1.54, 1.807) is 25.5 Å². The molecule has 0 bridgehead atoms. The Morgan fingerprint density at radius 2 is 2.00 bits per heavy atom. The van der Waals surface area contributed by atoms with E-state index in [1.807, 2.05) is 13.1 Å². The van der Waals surface area contributed by atoms with Crippen LogP contribution in [0.15, 0.2) is 27.7 Å². The molecule has 1 aliphatic rings. The number of carbonyl (C=O) groups is 1. The number of hydrogen-bond acceptors (Lipinski definition) is 5. The molecule has 2 heterocycles. The van der Waals surface area contributed by atoms with Gasteiger partial charge in [-0.05, 0) is 45.7 Å². The molecule has 1 amide bonds. The fourth-order valence-electron chi connectivity index (χ4n) is 2.52. The van der Waals surface area contributed by atoms with Crippen LogP contribution in [-0.4, -0.2) is 29.6 Å². The molecule has 0 radical (unpaired) electrons. The molecule has 0 unspecified atom stereocenters. The maximum Gasteiger partial charge on any atom is 0.292 e. The van der Waals surface area contributed by atoms with Crippen molar-refractivity contribution in [3.8, 4) is 0 Å². The van der Waals surface area contributed by atoms with Gasteiger partial charge in [-0.1, -0.05) is 0 Å². The van der Waals surface area contributed by atoms with Crippen molar-refractivity contribution in [1.82, 2.24) is 14.5 Å². The standard InChI is InChI=1S/C16H22N4O4S/c1-16(2,3)19-25(22,23)14-8-7-12(24-14)15(21)17-13-9-11(10-5-6-10)20(4)18-13/h7-10,19H,5-6H2,1-4H3,(H,17,18,21). The van der Waals surface area contributed by atoms with Crippen LogP contribution in [-0.2, 0) is 17.1 Å². The average Bonchev–Trinajstić information content (AvgIpc) is 3.03. The van der Waals surface area contributed by atoms with E-state index < -0.39 is 21.5 Å². The van der Waals surface area contributed by atoms with Crippen LogP contribution < -0.4 is 10.0 Å². The van der Waals surface area contributed by atoms with Crippen LogP contribution >= 0.6 is 0 Å². The second-order valence-corrected chi connectivity index (χ2v) is 8.89. The molecule has 0 saturated heterocycles. The summed E-state index contributed by atoms with van der Waals surface area (Å²) in [6.45, 7) is 5.17. The summed E-state index contributed by atoms with van der Waals surface area (Å²) in [4.78, 5) is 12.3. The number of sulfonamides is 1. The molecule has 1 fully saturated rings. The minimum atomic E-state index is -3.83. The van der Waals surface area contributed by atoms with Gasteiger partial charge in [-0.25, -0.2) is 13.1 Å². The predicted molar refractivity (Wildman–Crippen MR) is 91.9 cm³/mol. The minimum Gasteiger partial charge on any atom is -0.438 e. The van der Waals surface area contributed by atoms with E-state index in [0.717, 1.165) is 18.5 Å². The third-order valence-corrected chi connectivity index (χ3v) is 5.29. The van der Waals surface area contributed by atoms with Gasteiger partial charge < -0.3 is 9.73 Å². The zero-order valence-corrected chi connectivity index (χ0v) is 15.5. The summed E-state index contributed by atoms with van der Waals surface area (Å²) in [7, 11) is -1.99. The van der Waals surface area contributed by atoms with Crippen molar-refractivity contribution >= 4 is 21.7 Å². The normalized spacial score (nSPS) is 15.4. The third kappa shape index (κ3) is 4.10. The predicted octanol–water partition coefficient (Wildman–Crippen LogP) is 2.22. The fraction of sp³-hybridized carbons (Fsp3) is 0.500. The first-order valence-corrected chi connectivity index (χ1v) is 9.52. The zero-order chi connectivity index (χ0) is 18.4. The lowest BCUT2D eigenvalue weighted by Crippen LogP contribution is -2.40. The summed E-state index contributed by atoms with van der Waals surface area (Å²) in [5.74, 6) is 0.292. The monoisotopic (exact) mass is 366 g/mol. The van der Waals surface area contributed by atoms with E-state index >= 15 is 0 Å². The maximum atomic E-state index is 12.3. The molecular weight excluding hydrogens is 344 g/mol. The molecule has 3 rings (SSSR count). The van der Waals surface area contributed by atoms with Crippen LogP contribution in [0.4, 0.5) is 5.82 Å². The van der Waals surface area contributed by atoms with Crippen molar-refractivity contribution in [2.45, 2.75) is 50.2 Å². The van der Waals surface area contributed by atoms with Crippen LogP contribution in [0.2, 0.25) is 0 Å². The second kappa shape index (κ2) is 5.99. The van der Waals surface area contributed by atoms with Crippen molar-refractivity contribution in [2.75, 3.05) is 5.32 Å². The van der Waals surface area contributed by atoms with Crippen molar-refractivity contribution in [2.24, 2.45) is 7.05 Å². The Balaban J connectivity index is 1.73. The molecule has 9 heteroatoms. The lowest BCUT2D eigenvalue weighted by atomic mass is 10.1. The summed E-state index contributed by atoms with van der Waals surface area (Å²) in [5.41, 5.74) is 0.425. The third-order valence-electron chi connectivity index (χ3n) is 3.66.